The lowest BCUT2D eigenvalue weighted by Crippen LogP contribution is -2.66. The van der Waals surface area contributed by atoms with Crippen molar-refractivity contribution in [3.63, 3.8) is 0 Å². The summed E-state index contributed by atoms with van der Waals surface area (Å²) in [5.41, 5.74) is 8.02. The van der Waals surface area contributed by atoms with Crippen molar-refractivity contribution in [1.82, 2.24) is 47.5 Å². The summed E-state index contributed by atoms with van der Waals surface area (Å²) in [5.74, 6) is -9.53. The summed E-state index contributed by atoms with van der Waals surface area (Å²) < 4.78 is 6.09. The monoisotopic (exact) mass is 1340 g/mol. The van der Waals surface area contributed by atoms with Crippen LogP contribution in [-0.4, -0.2) is 209 Å². The van der Waals surface area contributed by atoms with Crippen molar-refractivity contribution < 1.29 is 83.9 Å². The molecule has 1 aromatic heterocycles. The number of amides is 7. The number of aliphatic hydroxyl groups is 6. The Labute approximate surface area is 510 Å². The summed E-state index contributed by atoms with van der Waals surface area (Å²) >= 11 is 1.88. The lowest BCUT2D eigenvalue weighted by Gasteiger charge is -2.41. The number of para-hydroxylation sites is 1. The van der Waals surface area contributed by atoms with E-state index in [-0.39, 0.29) is 44.4 Å². The normalized spacial score (nSPS) is 26.5. The fourth-order valence-corrected chi connectivity index (χ4v) is 12.3. The first kappa shape index (κ1) is 67.9. The molecule has 2 aliphatic rings. The van der Waals surface area contributed by atoms with Crippen LogP contribution in [0, 0.1) is 3.57 Å². The van der Waals surface area contributed by atoms with E-state index in [0.29, 0.717) is 37.6 Å². The van der Waals surface area contributed by atoms with Crippen molar-refractivity contribution in [1.29, 1.82) is 0 Å². The van der Waals surface area contributed by atoms with Crippen molar-refractivity contribution in [2.45, 2.75) is 144 Å². The first-order valence-electron chi connectivity index (χ1n) is 27.3. The van der Waals surface area contributed by atoms with E-state index < -0.39 is 157 Å². The number of hydrogen-bond acceptors (Lipinski definition) is 20. The summed E-state index contributed by atoms with van der Waals surface area (Å²) in [7, 11) is 1.69. The zero-order chi connectivity index (χ0) is 62.1. The number of benzene rings is 3. The molecule has 2 aliphatic heterocycles. The van der Waals surface area contributed by atoms with Gasteiger partial charge >= 0.3 is 5.97 Å². The molecule has 0 spiro atoms. The van der Waals surface area contributed by atoms with Gasteiger partial charge in [-0.3, -0.25) is 38.9 Å². The molecule has 30 heteroatoms. The number of carbonyl (C=O) groups is 8. The molecule has 3 aromatic carbocycles. The number of H-pyrrole nitrogens is 1. The number of rotatable bonds is 20. The Morgan fingerprint density at radius 3 is 2.07 bits per heavy atom. The van der Waals surface area contributed by atoms with E-state index in [1.54, 1.807) is 66.9 Å². The quantitative estimate of drug-likeness (QED) is 0.0239. The number of unbranched alkanes of at least 4 members (excludes halogenated alkanes) is 1. The maximum Gasteiger partial charge on any atom is 0.328 e. The van der Waals surface area contributed by atoms with E-state index in [4.69, 9.17) is 10.5 Å². The Hall–Kier alpha value is -6.17. The number of phenols is 1. The summed E-state index contributed by atoms with van der Waals surface area (Å²) in [6.45, 7) is 1.68. The molecule has 0 aliphatic carbocycles. The van der Waals surface area contributed by atoms with E-state index in [2.05, 4.69) is 47.5 Å². The molecule has 464 valence electrons. The van der Waals surface area contributed by atoms with Gasteiger partial charge in [-0.15, -0.1) is 0 Å². The van der Waals surface area contributed by atoms with Gasteiger partial charge in [-0.1, -0.05) is 76.2 Å². The summed E-state index contributed by atoms with van der Waals surface area (Å²) in [6, 6.07) is 7.04. The average molecular weight is 1340 g/mol. The van der Waals surface area contributed by atoms with Crippen molar-refractivity contribution in [3.05, 3.63) is 99.3 Å². The van der Waals surface area contributed by atoms with Gasteiger partial charge in [0.05, 0.1) is 28.4 Å². The molecular formula is C55H73IN10O17S2. The van der Waals surface area contributed by atoms with Gasteiger partial charge in [-0.25, -0.2) is 4.79 Å². The van der Waals surface area contributed by atoms with Crippen LogP contribution >= 0.6 is 44.2 Å². The predicted molar refractivity (Wildman–Crippen MR) is 320 cm³/mol. The van der Waals surface area contributed by atoms with Crippen LogP contribution in [0.15, 0.2) is 79.0 Å². The van der Waals surface area contributed by atoms with Crippen molar-refractivity contribution in [2.75, 3.05) is 24.7 Å². The smallest absolute Gasteiger partial charge is 0.328 e. The maximum atomic E-state index is 15.1. The molecule has 0 radical (unpaired) electrons. The van der Waals surface area contributed by atoms with Gasteiger partial charge in [0.2, 0.25) is 41.4 Å². The topological polar surface area (TPSA) is 446 Å². The highest BCUT2D eigenvalue weighted by Crippen LogP contribution is 2.26. The fraction of sp³-hybridized carbons (Fsp3) is 0.491. The highest BCUT2D eigenvalue weighted by Gasteiger charge is 2.45. The fourth-order valence-electron chi connectivity index (χ4n) is 9.38. The van der Waals surface area contributed by atoms with Gasteiger partial charge in [0.15, 0.2) is 6.04 Å². The molecule has 85 heavy (non-hydrogen) atoms. The number of aromatic amines is 1. The molecule has 4 aromatic rings. The largest absolute Gasteiger partial charge is 0.507 e. The second-order valence-electron chi connectivity index (χ2n) is 20.7. The minimum Gasteiger partial charge on any atom is -0.507 e. The Morgan fingerprint density at radius 2 is 1.41 bits per heavy atom. The lowest BCUT2D eigenvalue weighted by atomic mass is 9.97. The molecule has 2 fully saturated rings. The number of carbonyl (C=O) groups excluding carboxylic acids is 7. The van der Waals surface area contributed by atoms with Crippen LogP contribution in [0.1, 0.15) is 49.8 Å². The number of carboxylic acids is 1. The Balaban J connectivity index is 1.45. The number of halogens is 1. The van der Waals surface area contributed by atoms with Crippen LogP contribution in [-0.2, 0) is 62.4 Å². The SMILES string of the molecule is C[C@@H](O)C1NC(=O)[C@H](CCCCN)NC(=O)[C@H](Cc2c[nH]c3ccccc23)NC(=O)C(Cc2ccc(O)c(I)c2)NC(=O)[C@@H](NC(=O)[C@@H](Cc2ccccc2)N[C@@H]2O[C@H](CO)[C@@H](O)[C@H](O)[C@H]2O)CSSCC(C(=O)N[C@H](C(=O)O)[C@@H](C)O)NC1=O. The third-order valence-corrected chi connectivity index (χ3v) is 17.5. The number of carboxylic acid groups (broad SMARTS) is 1. The van der Waals surface area contributed by atoms with Crippen LogP contribution in [0.4, 0.5) is 0 Å². The van der Waals surface area contributed by atoms with Gasteiger partial charge in [0.25, 0.3) is 0 Å². The standard InChI is InChI=1S/C55H73IN10O17S2/c1-26(68)42-53(80)63-39(52(79)66-43(27(2)69)55(81)82)25-85-84-24-38(62-49(76)36(19-28-10-4-3-5-11-28)64-54-46(73)45(72)44(71)41(23-67)83-54)51(78)60-35(20-29-15-16-40(70)32(56)18-29)48(75)61-37(21-30-22-58-33-13-7-6-12-31(30)33)50(77)59-34(47(74)65-42)14-8-9-17-57/h3-7,10-13,15-16,18,22,26-27,34-39,41-46,54,58,64,67-73H,8-9,14,17,19-21,23-25,57H2,1-2H3,(H,59,77)(H,60,78)(H,61,75)(H,62,76)(H,63,80)(H,65,74)(H,66,79)(H,81,82)/t26-,27-,34+,35?,36-,37+,38+,39?,41-,42?,43+,44-,45+,46-,54-/m1/s1. The van der Waals surface area contributed by atoms with Crippen molar-refractivity contribution >= 4 is 102 Å². The van der Waals surface area contributed by atoms with Crippen LogP contribution < -0.4 is 48.3 Å². The second-order valence-corrected chi connectivity index (χ2v) is 24.4. The van der Waals surface area contributed by atoms with E-state index in [1.807, 2.05) is 22.6 Å². The lowest BCUT2D eigenvalue weighted by molar-refractivity contribution is -0.238. The van der Waals surface area contributed by atoms with Crippen LogP contribution in [0.25, 0.3) is 10.9 Å². The number of nitrogens with one attached hydrogen (secondary N) is 9. The maximum absolute atomic E-state index is 15.1. The van der Waals surface area contributed by atoms with Crippen LogP contribution in [0.2, 0.25) is 0 Å². The van der Waals surface area contributed by atoms with Gasteiger partial charge in [0, 0.05) is 41.4 Å². The number of aromatic hydroxyl groups is 1. The van der Waals surface area contributed by atoms with Gasteiger partial charge in [0.1, 0.15) is 72.6 Å². The van der Waals surface area contributed by atoms with E-state index >= 15 is 9.59 Å². The van der Waals surface area contributed by atoms with Crippen molar-refractivity contribution in [3.8, 4) is 5.75 Å². The molecule has 15 atom stereocenters. The minimum absolute atomic E-state index is 0.0684. The number of nitrogens with two attached hydrogens (primary N) is 1. The van der Waals surface area contributed by atoms with Gasteiger partial charge < -0.3 is 93.5 Å². The number of aromatic nitrogens is 1. The van der Waals surface area contributed by atoms with E-state index in [9.17, 15) is 69.6 Å². The Bertz CT molecular complexity index is 2950. The first-order chi connectivity index (χ1) is 40.5. The molecule has 3 unspecified atom stereocenters. The Morgan fingerprint density at radius 1 is 0.765 bits per heavy atom. The summed E-state index contributed by atoms with van der Waals surface area (Å²) in [4.78, 5) is 118. The highest BCUT2D eigenvalue weighted by atomic mass is 127. The van der Waals surface area contributed by atoms with E-state index in [0.717, 1.165) is 28.5 Å². The van der Waals surface area contributed by atoms with Gasteiger partial charge in [-0.2, -0.15) is 0 Å². The average Bonchev–Trinajstić information content (AvgIpc) is 3.65. The highest BCUT2D eigenvalue weighted by molar-refractivity contribution is 14.1. The Kier molecular flexibility index (Phi) is 26.0. The van der Waals surface area contributed by atoms with Crippen molar-refractivity contribution in [2.24, 2.45) is 5.73 Å². The number of phenolic OH excluding ortho intramolecular Hbond substituents is 1. The zero-order valence-corrected chi connectivity index (χ0v) is 50.1. The third-order valence-electron chi connectivity index (χ3n) is 14.2. The zero-order valence-electron chi connectivity index (χ0n) is 46.3. The molecule has 27 nitrogen and oxygen atoms in total. The molecular weight excluding hydrogens is 1260 g/mol. The molecule has 19 N–H and O–H groups in total. The number of fused-ring (bicyclic) bond motifs is 1. The van der Waals surface area contributed by atoms with Crippen LogP contribution in [0.5, 0.6) is 5.75 Å². The second kappa shape index (κ2) is 32.5. The number of hydrogen-bond donors (Lipinski definition) is 18. The summed E-state index contributed by atoms with van der Waals surface area (Å²) in [6.07, 6.45) is -10.1. The van der Waals surface area contributed by atoms with E-state index in [1.165, 1.54) is 19.1 Å². The molecule has 0 bridgehead atoms. The number of aliphatic hydroxyl groups excluding tert-OH is 6. The van der Waals surface area contributed by atoms with Gasteiger partial charge in [-0.05, 0) is 104 Å². The number of ether oxygens (including phenoxy) is 1. The first-order valence-corrected chi connectivity index (χ1v) is 30.9. The third kappa shape index (κ3) is 19.2. The minimum atomic E-state index is -1.88. The molecule has 7 amide bonds. The number of aliphatic carboxylic acids is 1. The summed E-state index contributed by atoms with van der Waals surface area (Å²) in [5, 5.41) is 105. The van der Waals surface area contributed by atoms with Crippen LogP contribution in [0.3, 0.4) is 0 Å². The molecule has 0 saturated carbocycles. The molecule has 2 saturated heterocycles. The molecule has 3 heterocycles. The molecule has 6 rings (SSSR count). The predicted octanol–water partition coefficient (Wildman–Crippen LogP) is -2.97.